The van der Waals surface area contributed by atoms with E-state index in [0.717, 1.165) is 0 Å². The zero-order chi connectivity index (χ0) is 24.9. The highest BCUT2D eigenvalue weighted by Crippen LogP contribution is 2.28. The molecule has 4 rings (SSSR count). The summed E-state index contributed by atoms with van der Waals surface area (Å²) in [6, 6.07) is 13.9. The molecule has 2 aromatic carbocycles. The van der Waals surface area contributed by atoms with Gasteiger partial charge in [0, 0.05) is 12.6 Å². The quantitative estimate of drug-likeness (QED) is 0.204. The van der Waals surface area contributed by atoms with Crippen LogP contribution in [0.4, 0.5) is 5.95 Å². The van der Waals surface area contributed by atoms with Gasteiger partial charge in [0.15, 0.2) is 22.7 Å². The van der Waals surface area contributed by atoms with Crippen molar-refractivity contribution >= 4 is 23.3 Å². The van der Waals surface area contributed by atoms with Crippen LogP contribution in [-0.2, 0) is 13.6 Å². The number of para-hydroxylation sites is 2. The summed E-state index contributed by atoms with van der Waals surface area (Å²) in [7, 11) is 2.90. The maximum Gasteiger partial charge on any atom is 0.329 e. The summed E-state index contributed by atoms with van der Waals surface area (Å²) in [4.78, 5) is 31.2. The maximum atomic E-state index is 12.6. The Kier molecular flexibility index (Phi) is 6.83. The van der Waals surface area contributed by atoms with Crippen molar-refractivity contribution in [3.8, 4) is 17.2 Å². The molecule has 2 heterocycles. The molecule has 0 saturated heterocycles. The molecule has 0 radical (unpaired) electrons. The van der Waals surface area contributed by atoms with Crippen LogP contribution in [0.1, 0.15) is 5.56 Å². The zero-order valence-corrected chi connectivity index (χ0v) is 19.0. The van der Waals surface area contributed by atoms with Gasteiger partial charge in [-0.05, 0) is 24.3 Å². The van der Waals surface area contributed by atoms with Crippen molar-refractivity contribution in [3.63, 3.8) is 0 Å². The molecule has 0 bridgehead atoms. The number of fused-ring (bicyclic) bond motifs is 1. The Morgan fingerprint density at radius 3 is 2.71 bits per heavy atom. The number of methoxy groups -OCH3 is 1. The monoisotopic (exact) mass is 480 g/mol. The van der Waals surface area contributed by atoms with Crippen molar-refractivity contribution < 1.29 is 19.7 Å². The van der Waals surface area contributed by atoms with E-state index in [4.69, 9.17) is 9.47 Å². The van der Waals surface area contributed by atoms with Crippen molar-refractivity contribution in [2.75, 3.05) is 19.1 Å². The van der Waals surface area contributed by atoms with Gasteiger partial charge in [-0.2, -0.15) is 10.1 Å². The van der Waals surface area contributed by atoms with Crippen LogP contribution in [0.25, 0.3) is 11.2 Å². The fourth-order valence-electron chi connectivity index (χ4n) is 3.44. The van der Waals surface area contributed by atoms with Crippen LogP contribution in [0.15, 0.2) is 63.2 Å². The van der Waals surface area contributed by atoms with E-state index in [2.05, 4.69) is 20.5 Å². The highest BCUT2D eigenvalue weighted by atomic mass is 16.5. The van der Waals surface area contributed by atoms with E-state index in [0.29, 0.717) is 11.3 Å². The Morgan fingerprint density at radius 2 is 1.97 bits per heavy atom. The van der Waals surface area contributed by atoms with Gasteiger partial charge in [-0.15, -0.1) is 0 Å². The number of aliphatic hydroxyl groups is 1. The number of anilines is 1. The van der Waals surface area contributed by atoms with Gasteiger partial charge >= 0.3 is 5.69 Å². The van der Waals surface area contributed by atoms with Gasteiger partial charge in [0.1, 0.15) is 18.5 Å². The summed E-state index contributed by atoms with van der Waals surface area (Å²) in [5.74, 6) is 0.873. The number of benzene rings is 2. The first kappa shape index (κ1) is 23.6. The number of nitrogens with zero attached hydrogens (tertiary/aromatic N) is 4. The fraction of sp³-hybridized carbons (Fsp3) is 0.217. The van der Waals surface area contributed by atoms with Crippen LogP contribution in [0, 0.1) is 0 Å². The van der Waals surface area contributed by atoms with Gasteiger partial charge in [-0.25, -0.2) is 10.2 Å². The Bertz CT molecular complexity index is 1470. The minimum Gasteiger partial charge on any atom is -0.504 e. The lowest BCUT2D eigenvalue weighted by molar-refractivity contribution is 0.0938. The topological polar surface area (TPSA) is 156 Å². The van der Waals surface area contributed by atoms with E-state index < -0.39 is 17.4 Å². The van der Waals surface area contributed by atoms with Gasteiger partial charge in [-0.1, -0.05) is 24.3 Å². The average molecular weight is 480 g/mol. The van der Waals surface area contributed by atoms with Gasteiger partial charge < -0.3 is 24.3 Å². The Hall–Kier alpha value is -4.58. The number of aromatic amines is 1. The highest BCUT2D eigenvalue weighted by Gasteiger charge is 2.20. The third-order valence-electron chi connectivity index (χ3n) is 5.20. The SMILES string of the molecule is COc1cccc(C=NNc2nc3c(c(=O)[nH]c(=O)n3C)n2CC(O)COc2ccccc2)c1O. The predicted octanol–water partition coefficient (Wildman–Crippen LogP) is 1.02. The van der Waals surface area contributed by atoms with E-state index in [1.165, 1.54) is 29.5 Å². The Morgan fingerprint density at radius 1 is 1.20 bits per heavy atom. The second-order valence-corrected chi connectivity index (χ2v) is 7.58. The number of hydrogen-bond donors (Lipinski definition) is 4. The molecule has 182 valence electrons. The normalized spacial score (nSPS) is 12.2. The second-order valence-electron chi connectivity index (χ2n) is 7.58. The Labute approximate surface area is 198 Å². The molecule has 0 aliphatic heterocycles. The van der Waals surface area contributed by atoms with Crippen molar-refractivity contribution in [3.05, 3.63) is 74.9 Å². The maximum absolute atomic E-state index is 12.6. The van der Waals surface area contributed by atoms with Crippen molar-refractivity contribution in [2.24, 2.45) is 12.1 Å². The molecule has 0 fully saturated rings. The summed E-state index contributed by atoms with van der Waals surface area (Å²) in [6.45, 7) is -0.124. The number of aromatic nitrogens is 4. The molecule has 0 spiro atoms. The van der Waals surface area contributed by atoms with Gasteiger partial charge in [-0.3, -0.25) is 14.3 Å². The molecule has 1 atom stereocenters. The molecule has 4 aromatic rings. The second kappa shape index (κ2) is 10.1. The van der Waals surface area contributed by atoms with Crippen LogP contribution >= 0.6 is 0 Å². The third-order valence-corrected chi connectivity index (χ3v) is 5.20. The molecule has 0 saturated carbocycles. The molecule has 35 heavy (non-hydrogen) atoms. The molecule has 12 nitrogen and oxygen atoms in total. The number of ether oxygens (including phenoxy) is 2. The third kappa shape index (κ3) is 5.01. The summed E-state index contributed by atoms with van der Waals surface area (Å²) >= 11 is 0. The molecule has 0 amide bonds. The van der Waals surface area contributed by atoms with Crippen LogP contribution < -0.4 is 26.1 Å². The van der Waals surface area contributed by atoms with E-state index in [1.54, 1.807) is 30.3 Å². The molecule has 0 aliphatic rings. The summed E-state index contributed by atoms with van der Waals surface area (Å²) in [5, 5.41) is 24.9. The van der Waals surface area contributed by atoms with Crippen LogP contribution in [0.5, 0.6) is 17.2 Å². The molecule has 1 unspecified atom stereocenters. The smallest absolute Gasteiger partial charge is 0.329 e. The first-order valence-corrected chi connectivity index (χ1v) is 10.6. The van der Waals surface area contributed by atoms with Gasteiger partial charge in [0.2, 0.25) is 5.95 Å². The lowest BCUT2D eigenvalue weighted by Crippen LogP contribution is -2.30. The zero-order valence-electron chi connectivity index (χ0n) is 19.0. The molecule has 4 N–H and O–H groups in total. The first-order chi connectivity index (χ1) is 16.9. The number of H-pyrrole nitrogens is 1. The number of phenols is 1. The average Bonchev–Trinajstić information content (AvgIpc) is 3.21. The molecule has 12 heteroatoms. The molecule has 2 aromatic heterocycles. The van der Waals surface area contributed by atoms with Crippen molar-refractivity contribution in [1.82, 2.24) is 19.1 Å². The lowest BCUT2D eigenvalue weighted by Gasteiger charge is -2.15. The number of phenolic OH excluding ortho intramolecular Hbond substituents is 1. The minimum absolute atomic E-state index is 0.0479. The molecule has 0 aliphatic carbocycles. The largest absolute Gasteiger partial charge is 0.504 e. The van der Waals surface area contributed by atoms with E-state index >= 15 is 0 Å². The fourth-order valence-corrected chi connectivity index (χ4v) is 3.44. The Balaban J connectivity index is 1.64. The van der Waals surface area contributed by atoms with Crippen LogP contribution in [-0.4, -0.2) is 55.4 Å². The number of imidazole rings is 1. The summed E-state index contributed by atoms with van der Waals surface area (Å²) in [5.41, 5.74) is 1.99. The number of aromatic hydroxyl groups is 1. The summed E-state index contributed by atoms with van der Waals surface area (Å²) < 4.78 is 13.3. The van der Waals surface area contributed by atoms with E-state index in [9.17, 15) is 19.8 Å². The summed E-state index contributed by atoms with van der Waals surface area (Å²) in [6.07, 6.45) is 0.330. The number of rotatable bonds is 9. The van der Waals surface area contributed by atoms with Crippen molar-refractivity contribution in [2.45, 2.75) is 12.6 Å². The predicted molar refractivity (Wildman–Crippen MR) is 129 cm³/mol. The number of nitrogens with one attached hydrogen (secondary N) is 2. The number of hydrazone groups is 1. The minimum atomic E-state index is -1.02. The molecular formula is C23H24N6O6. The van der Waals surface area contributed by atoms with Crippen LogP contribution in [0.2, 0.25) is 0 Å². The number of aryl methyl sites for hydroxylation is 1. The number of aliphatic hydroxyl groups excluding tert-OH is 1. The van der Waals surface area contributed by atoms with Gasteiger partial charge in [0.25, 0.3) is 5.56 Å². The molecular weight excluding hydrogens is 456 g/mol. The lowest BCUT2D eigenvalue weighted by atomic mass is 10.2. The first-order valence-electron chi connectivity index (χ1n) is 10.6. The van der Waals surface area contributed by atoms with E-state index in [-0.39, 0.29) is 41.8 Å². The van der Waals surface area contributed by atoms with E-state index in [1.807, 2.05) is 18.2 Å². The standard InChI is InChI=1S/C23H24N6O6/c1-28-20-18(21(32)26-23(28)33)29(12-15(30)13-35-16-8-4-3-5-9-16)22(25-20)27-24-11-14-7-6-10-17(34-2)19(14)31/h3-11,15,30-31H,12-13H2,1-2H3,(H,25,27)(H,26,32,33). The van der Waals surface area contributed by atoms with Gasteiger partial charge in [0.05, 0.1) is 19.9 Å². The van der Waals surface area contributed by atoms with Crippen LogP contribution in [0.3, 0.4) is 0 Å². The number of hydrogen-bond acceptors (Lipinski definition) is 9. The van der Waals surface area contributed by atoms with Crippen molar-refractivity contribution in [1.29, 1.82) is 0 Å². The highest BCUT2D eigenvalue weighted by molar-refractivity contribution is 5.85.